The van der Waals surface area contributed by atoms with E-state index in [-0.39, 0.29) is 0 Å². The summed E-state index contributed by atoms with van der Waals surface area (Å²) >= 11 is 0. The standard InChI is InChI=1S/C28H48N2O21/c1-7(35)29-13-17(39)22(11(5-33)45-25(13)44)49-26-14(30-8(2)36)18(40)23(12(6-34)48-26)50-28-21(43)24(16(38)10(4-32)47-28)51-27-20(42)19(41)15(37)9(3-31)46-27/h9-28,31-34,37-44H,3-6H2,1-2H3,(H,29,35)(H,30,36)/t9-,10-,11-,12-,13+,14-,15-,16-,17-,18-,19+,20+,21+,22-,23-,24+,25-,26+,27-,28-/m1/s1. The van der Waals surface area contributed by atoms with E-state index < -0.39 is 161 Å². The molecule has 0 spiro atoms. The largest absolute Gasteiger partial charge is 0.394 e. The molecule has 0 aliphatic carbocycles. The average Bonchev–Trinajstić information content (AvgIpc) is 3.09. The Balaban J connectivity index is 1.56. The molecule has 4 aliphatic heterocycles. The van der Waals surface area contributed by atoms with E-state index in [4.69, 9.17) is 33.2 Å². The van der Waals surface area contributed by atoms with Crippen LogP contribution in [0.5, 0.6) is 0 Å². The van der Waals surface area contributed by atoms with Crippen molar-refractivity contribution in [3.05, 3.63) is 0 Å². The van der Waals surface area contributed by atoms with Crippen LogP contribution in [0.2, 0.25) is 0 Å². The van der Waals surface area contributed by atoms with Crippen LogP contribution in [0.3, 0.4) is 0 Å². The van der Waals surface area contributed by atoms with Gasteiger partial charge in [0.2, 0.25) is 11.8 Å². The molecule has 51 heavy (non-hydrogen) atoms. The van der Waals surface area contributed by atoms with Crippen LogP contribution in [0, 0.1) is 0 Å². The lowest BCUT2D eigenvalue weighted by Gasteiger charge is -2.50. The minimum Gasteiger partial charge on any atom is -0.394 e. The molecule has 0 radical (unpaired) electrons. The molecule has 2 amide bonds. The van der Waals surface area contributed by atoms with Crippen molar-refractivity contribution in [2.75, 3.05) is 26.4 Å². The zero-order valence-corrected chi connectivity index (χ0v) is 27.4. The molecule has 23 nitrogen and oxygen atoms in total. The number of carbonyl (C=O) groups is 2. The predicted molar refractivity (Wildman–Crippen MR) is 157 cm³/mol. The maximum absolute atomic E-state index is 12.2. The van der Waals surface area contributed by atoms with E-state index in [9.17, 15) is 70.9 Å². The normalized spacial score (nSPS) is 47.8. The van der Waals surface area contributed by atoms with Crippen LogP contribution >= 0.6 is 0 Å². The fraction of sp³-hybridized carbons (Fsp3) is 0.929. The van der Waals surface area contributed by atoms with Gasteiger partial charge in [-0.2, -0.15) is 0 Å². The summed E-state index contributed by atoms with van der Waals surface area (Å²) in [6.45, 7) is -1.28. The third-order valence-corrected chi connectivity index (χ3v) is 9.01. The molecule has 23 heteroatoms. The highest BCUT2D eigenvalue weighted by Crippen LogP contribution is 2.34. The minimum atomic E-state index is -2.04. The molecule has 0 aromatic rings. The van der Waals surface area contributed by atoms with Gasteiger partial charge in [0.05, 0.1) is 26.4 Å². The molecule has 4 heterocycles. The van der Waals surface area contributed by atoms with Crippen molar-refractivity contribution in [2.24, 2.45) is 0 Å². The Hall–Kier alpha value is -1.82. The van der Waals surface area contributed by atoms with Crippen LogP contribution in [0.4, 0.5) is 0 Å². The van der Waals surface area contributed by atoms with Gasteiger partial charge in [-0.1, -0.05) is 0 Å². The maximum atomic E-state index is 12.2. The lowest BCUT2D eigenvalue weighted by Crippen LogP contribution is -2.70. The van der Waals surface area contributed by atoms with Gasteiger partial charge in [-0.05, 0) is 0 Å². The highest BCUT2D eigenvalue weighted by molar-refractivity contribution is 5.73. The van der Waals surface area contributed by atoms with E-state index >= 15 is 0 Å². The maximum Gasteiger partial charge on any atom is 0.217 e. The van der Waals surface area contributed by atoms with Gasteiger partial charge in [-0.15, -0.1) is 0 Å². The first kappa shape index (κ1) is 41.9. The van der Waals surface area contributed by atoms with Crippen LogP contribution in [-0.2, 0) is 42.7 Å². The highest BCUT2D eigenvalue weighted by Gasteiger charge is 2.55. The SMILES string of the molecule is CC(=O)N[C@H]1[C@H](O[C@H]2[C@H](O)[C@H](NC(C)=O)[C@H](O)O[C@@H]2CO)O[C@H](CO)[C@@H](O[C@H]2O[C@H](CO)[C@@H](O)[C@H](O[C@H]3O[C@H](CO)[C@@H](O)[C@H](O)[C@@H]3O)[C@@H]2O)[C@@H]1O. The van der Waals surface area contributed by atoms with E-state index in [1.54, 1.807) is 0 Å². The minimum absolute atomic E-state index is 0.660. The van der Waals surface area contributed by atoms with Crippen molar-refractivity contribution >= 4 is 11.8 Å². The zero-order valence-electron chi connectivity index (χ0n) is 27.4. The van der Waals surface area contributed by atoms with Crippen LogP contribution < -0.4 is 10.6 Å². The van der Waals surface area contributed by atoms with Gasteiger partial charge in [-0.25, -0.2) is 0 Å². The van der Waals surface area contributed by atoms with Crippen molar-refractivity contribution in [2.45, 2.75) is 137 Å². The van der Waals surface area contributed by atoms with E-state index in [1.165, 1.54) is 0 Å². The van der Waals surface area contributed by atoms with Gasteiger partial charge in [0.1, 0.15) is 97.5 Å². The first-order chi connectivity index (χ1) is 24.1. The van der Waals surface area contributed by atoms with Crippen LogP contribution in [0.25, 0.3) is 0 Å². The number of aliphatic hydroxyl groups excluding tert-OH is 12. The number of hydrogen-bond acceptors (Lipinski definition) is 21. The number of amides is 2. The second kappa shape index (κ2) is 18.0. The van der Waals surface area contributed by atoms with Gasteiger partial charge >= 0.3 is 0 Å². The summed E-state index contributed by atoms with van der Waals surface area (Å²) in [4.78, 5) is 23.9. The number of aliphatic hydroxyl groups is 12. The molecular formula is C28H48N2O21. The van der Waals surface area contributed by atoms with E-state index in [0.717, 1.165) is 13.8 Å². The van der Waals surface area contributed by atoms with Crippen molar-refractivity contribution in [3.8, 4) is 0 Å². The van der Waals surface area contributed by atoms with Gasteiger partial charge in [0, 0.05) is 13.8 Å². The zero-order chi connectivity index (χ0) is 37.9. The monoisotopic (exact) mass is 748 g/mol. The number of carbonyl (C=O) groups excluding carboxylic acids is 2. The smallest absolute Gasteiger partial charge is 0.217 e. The Morgan fingerprint density at radius 3 is 1.41 bits per heavy atom. The molecule has 0 saturated carbocycles. The summed E-state index contributed by atoms with van der Waals surface area (Å²) in [6.07, 6.45) is -31.4. The molecule has 0 unspecified atom stereocenters. The Morgan fingerprint density at radius 2 is 0.882 bits per heavy atom. The van der Waals surface area contributed by atoms with Crippen molar-refractivity contribution < 1.29 is 104 Å². The third-order valence-electron chi connectivity index (χ3n) is 9.01. The third kappa shape index (κ3) is 9.11. The molecule has 20 atom stereocenters. The molecule has 0 aromatic carbocycles. The Bertz CT molecular complexity index is 1140. The van der Waals surface area contributed by atoms with E-state index in [0.29, 0.717) is 0 Å². The quantitative estimate of drug-likeness (QED) is 0.0881. The van der Waals surface area contributed by atoms with Gasteiger partial charge < -0.3 is 105 Å². The number of nitrogens with one attached hydrogen (secondary N) is 2. The molecular weight excluding hydrogens is 700 g/mol. The summed E-state index contributed by atoms with van der Waals surface area (Å²) in [5, 5.41) is 130. The molecule has 4 fully saturated rings. The summed E-state index contributed by atoms with van der Waals surface area (Å²) in [5.74, 6) is -1.40. The molecule has 4 saturated heterocycles. The van der Waals surface area contributed by atoms with Crippen LogP contribution in [0.1, 0.15) is 13.8 Å². The lowest BCUT2D eigenvalue weighted by molar-refractivity contribution is -0.379. The predicted octanol–water partition coefficient (Wildman–Crippen LogP) is -9.46. The first-order valence-electron chi connectivity index (χ1n) is 16.1. The number of ether oxygens (including phenoxy) is 7. The average molecular weight is 749 g/mol. The van der Waals surface area contributed by atoms with Crippen molar-refractivity contribution in [1.29, 1.82) is 0 Å². The number of hydrogen-bond donors (Lipinski definition) is 14. The first-order valence-corrected chi connectivity index (χ1v) is 16.1. The molecule has 4 aliphatic rings. The van der Waals surface area contributed by atoms with Crippen molar-refractivity contribution in [1.82, 2.24) is 10.6 Å². The fourth-order valence-electron chi connectivity index (χ4n) is 6.35. The number of rotatable bonds is 12. The Labute approximate surface area is 289 Å². The van der Waals surface area contributed by atoms with E-state index in [1.807, 2.05) is 0 Å². The van der Waals surface area contributed by atoms with Gasteiger partial charge in [0.15, 0.2) is 25.2 Å². The summed E-state index contributed by atoms with van der Waals surface area (Å²) in [6, 6.07) is -3.04. The Morgan fingerprint density at radius 1 is 0.471 bits per heavy atom. The molecule has 4 rings (SSSR count). The molecule has 296 valence electrons. The molecule has 0 bridgehead atoms. The molecule has 0 aromatic heterocycles. The van der Waals surface area contributed by atoms with Gasteiger partial charge in [-0.3, -0.25) is 9.59 Å². The topological polar surface area (TPSA) is 366 Å². The van der Waals surface area contributed by atoms with E-state index in [2.05, 4.69) is 10.6 Å². The summed E-state index contributed by atoms with van der Waals surface area (Å²) in [7, 11) is 0. The van der Waals surface area contributed by atoms with Crippen molar-refractivity contribution in [3.63, 3.8) is 0 Å². The highest BCUT2D eigenvalue weighted by atomic mass is 16.8. The second-order valence-corrected chi connectivity index (χ2v) is 12.6. The summed E-state index contributed by atoms with van der Waals surface area (Å²) in [5.41, 5.74) is 0. The van der Waals surface area contributed by atoms with Crippen LogP contribution in [-0.4, -0.2) is 222 Å². The van der Waals surface area contributed by atoms with Gasteiger partial charge in [0.25, 0.3) is 0 Å². The summed E-state index contributed by atoms with van der Waals surface area (Å²) < 4.78 is 39.1. The second-order valence-electron chi connectivity index (χ2n) is 12.6. The lowest BCUT2D eigenvalue weighted by atomic mass is 9.94. The fourth-order valence-corrected chi connectivity index (χ4v) is 6.35. The van der Waals surface area contributed by atoms with Crippen LogP contribution in [0.15, 0.2) is 0 Å². The Kier molecular flexibility index (Phi) is 14.8. The molecule has 14 N–H and O–H groups in total.